The average molecular weight is 269 g/mol. The van der Waals surface area contributed by atoms with E-state index >= 15 is 0 Å². The molecule has 1 N–H and O–H groups in total. The number of anilines is 1. The van der Waals surface area contributed by atoms with Crippen molar-refractivity contribution in [3.05, 3.63) is 5.82 Å². The van der Waals surface area contributed by atoms with Crippen molar-refractivity contribution >= 4 is 22.6 Å². The van der Waals surface area contributed by atoms with Crippen LogP contribution in [0.4, 0.5) is 5.13 Å². The minimum atomic E-state index is -0.671. The van der Waals surface area contributed by atoms with Crippen LogP contribution < -0.4 is 4.90 Å². The summed E-state index contributed by atoms with van der Waals surface area (Å²) in [6, 6.07) is 0. The van der Waals surface area contributed by atoms with Crippen molar-refractivity contribution in [2.24, 2.45) is 5.41 Å². The van der Waals surface area contributed by atoms with E-state index in [-0.39, 0.29) is 0 Å². The van der Waals surface area contributed by atoms with Crippen molar-refractivity contribution in [1.82, 2.24) is 9.36 Å². The van der Waals surface area contributed by atoms with Gasteiger partial charge in [-0.3, -0.25) is 4.79 Å². The van der Waals surface area contributed by atoms with Crippen molar-refractivity contribution in [2.45, 2.75) is 39.5 Å². The second kappa shape index (κ2) is 5.22. The fourth-order valence-corrected chi connectivity index (χ4v) is 3.37. The SMILES string of the molecule is CCCC1(C(=O)O)CCCN(c2nc(C)ns2)C1. The minimum absolute atomic E-state index is 0.560. The van der Waals surface area contributed by atoms with Crippen LogP contribution >= 0.6 is 11.5 Å². The molecule has 1 unspecified atom stereocenters. The molecule has 100 valence electrons. The number of hydrogen-bond acceptors (Lipinski definition) is 5. The molecular weight excluding hydrogens is 250 g/mol. The Kier molecular flexibility index (Phi) is 3.85. The molecule has 0 spiro atoms. The Morgan fingerprint density at radius 3 is 2.94 bits per heavy atom. The van der Waals surface area contributed by atoms with Crippen molar-refractivity contribution in [1.29, 1.82) is 0 Å². The fourth-order valence-electron chi connectivity index (χ4n) is 2.67. The van der Waals surface area contributed by atoms with Gasteiger partial charge in [-0.05, 0) is 26.2 Å². The summed E-state index contributed by atoms with van der Waals surface area (Å²) in [6.07, 6.45) is 3.31. The molecule has 0 amide bonds. The number of carboxylic acids is 1. The van der Waals surface area contributed by atoms with Gasteiger partial charge in [0.05, 0.1) is 5.41 Å². The molecule has 1 saturated heterocycles. The summed E-state index contributed by atoms with van der Waals surface area (Å²) in [5.74, 6) is 0.0901. The molecule has 0 saturated carbocycles. The van der Waals surface area contributed by atoms with Crippen LogP contribution in [0.25, 0.3) is 0 Å². The summed E-state index contributed by atoms with van der Waals surface area (Å²) >= 11 is 1.36. The van der Waals surface area contributed by atoms with Gasteiger partial charge in [-0.1, -0.05) is 13.3 Å². The first-order valence-electron chi connectivity index (χ1n) is 6.36. The van der Waals surface area contributed by atoms with Crippen molar-refractivity contribution in [3.63, 3.8) is 0 Å². The second-order valence-corrected chi connectivity index (χ2v) is 5.72. The lowest BCUT2D eigenvalue weighted by Crippen LogP contribution is -2.48. The van der Waals surface area contributed by atoms with Gasteiger partial charge >= 0.3 is 5.97 Å². The number of hydrogen-bond donors (Lipinski definition) is 1. The van der Waals surface area contributed by atoms with Crippen molar-refractivity contribution in [2.75, 3.05) is 18.0 Å². The van der Waals surface area contributed by atoms with Gasteiger partial charge in [0, 0.05) is 24.6 Å². The van der Waals surface area contributed by atoms with Gasteiger partial charge in [0.15, 0.2) is 0 Å². The lowest BCUT2D eigenvalue weighted by molar-refractivity contribution is -0.150. The van der Waals surface area contributed by atoms with E-state index in [1.165, 1.54) is 11.5 Å². The number of aromatic nitrogens is 2. The third kappa shape index (κ3) is 2.48. The molecular formula is C12H19N3O2S. The first kappa shape index (κ1) is 13.3. The molecule has 2 heterocycles. The smallest absolute Gasteiger partial charge is 0.311 e. The van der Waals surface area contributed by atoms with Crippen molar-refractivity contribution < 1.29 is 9.90 Å². The van der Waals surface area contributed by atoms with E-state index in [4.69, 9.17) is 0 Å². The zero-order chi connectivity index (χ0) is 13.2. The Labute approximate surface area is 111 Å². The third-order valence-corrected chi connectivity index (χ3v) is 4.41. The predicted molar refractivity (Wildman–Crippen MR) is 71.1 cm³/mol. The largest absolute Gasteiger partial charge is 0.481 e. The highest BCUT2D eigenvalue weighted by molar-refractivity contribution is 7.09. The van der Waals surface area contributed by atoms with Crippen molar-refractivity contribution in [3.8, 4) is 0 Å². The molecule has 1 aliphatic heterocycles. The van der Waals surface area contributed by atoms with Gasteiger partial charge < -0.3 is 10.0 Å². The molecule has 0 bridgehead atoms. The third-order valence-electron chi connectivity index (χ3n) is 3.55. The van der Waals surface area contributed by atoms with Gasteiger partial charge in [0.1, 0.15) is 5.82 Å². The molecule has 6 heteroatoms. The van der Waals surface area contributed by atoms with Gasteiger partial charge in [-0.15, -0.1) is 0 Å². The van der Waals surface area contributed by atoms with E-state index < -0.39 is 11.4 Å². The number of nitrogens with zero attached hydrogens (tertiary/aromatic N) is 3. The summed E-state index contributed by atoms with van der Waals surface area (Å²) in [5, 5.41) is 10.4. The fraction of sp³-hybridized carbons (Fsp3) is 0.750. The predicted octanol–water partition coefficient (Wildman–Crippen LogP) is 2.32. The van der Waals surface area contributed by atoms with E-state index in [2.05, 4.69) is 14.3 Å². The Bertz CT molecular complexity index is 431. The Morgan fingerprint density at radius 1 is 1.61 bits per heavy atom. The van der Waals surface area contributed by atoms with E-state index in [9.17, 15) is 9.90 Å². The summed E-state index contributed by atoms with van der Waals surface area (Å²) in [4.78, 5) is 18.0. The average Bonchev–Trinajstić information content (AvgIpc) is 2.76. The van der Waals surface area contributed by atoms with E-state index in [1.807, 2.05) is 13.8 Å². The van der Waals surface area contributed by atoms with Crippen LogP contribution in [0.3, 0.4) is 0 Å². The first-order chi connectivity index (χ1) is 8.57. The Balaban J connectivity index is 2.18. The van der Waals surface area contributed by atoms with Crippen LogP contribution in [0.15, 0.2) is 0 Å². The van der Waals surface area contributed by atoms with E-state index in [0.29, 0.717) is 6.54 Å². The molecule has 2 rings (SSSR count). The van der Waals surface area contributed by atoms with E-state index in [0.717, 1.165) is 43.2 Å². The van der Waals surface area contributed by atoms with Crippen LogP contribution in [0.1, 0.15) is 38.4 Å². The van der Waals surface area contributed by atoms with Crippen LogP contribution in [0.2, 0.25) is 0 Å². The zero-order valence-corrected chi connectivity index (χ0v) is 11.7. The monoisotopic (exact) mass is 269 g/mol. The van der Waals surface area contributed by atoms with Gasteiger partial charge in [0.2, 0.25) is 5.13 Å². The molecule has 1 fully saturated rings. The van der Waals surface area contributed by atoms with Crippen LogP contribution in [-0.2, 0) is 4.79 Å². The van der Waals surface area contributed by atoms with Crippen LogP contribution in [0, 0.1) is 12.3 Å². The maximum absolute atomic E-state index is 11.6. The summed E-state index contributed by atoms with van der Waals surface area (Å²) < 4.78 is 4.17. The molecule has 5 nitrogen and oxygen atoms in total. The zero-order valence-electron chi connectivity index (χ0n) is 10.8. The molecule has 1 aliphatic rings. The molecule has 0 aliphatic carbocycles. The topological polar surface area (TPSA) is 66.3 Å². The molecule has 18 heavy (non-hydrogen) atoms. The first-order valence-corrected chi connectivity index (χ1v) is 7.13. The highest BCUT2D eigenvalue weighted by Crippen LogP contribution is 2.37. The molecule has 1 aromatic heterocycles. The van der Waals surface area contributed by atoms with Crippen LogP contribution in [0.5, 0.6) is 0 Å². The number of carbonyl (C=O) groups is 1. The highest BCUT2D eigenvalue weighted by Gasteiger charge is 2.42. The number of aliphatic carboxylic acids is 1. The standard InChI is InChI=1S/C12H19N3O2S/c1-3-5-12(10(16)17)6-4-7-15(8-12)11-13-9(2)14-18-11/h3-8H2,1-2H3,(H,16,17). The number of aryl methyl sites for hydroxylation is 1. The highest BCUT2D eigenvalue weighted by atomic mass is 32.1. The van der Waals surface area contributed by atoms with Gasteiger partial charge in [0.25, 0.3) is 0 Å². The summed E-state index contributed by atoms with van der Waals surface area (Å²) in [5.41, 5.74) is -0.605. The number of carboxylic acid groups (broad SMARTS) is 1. The molecule has 0 aromatic carbocycles. The van der Waals surface area contributed by atoms with Crippen LogP contribution in [-0.4, -0.2) is 33.5 Å². The minimum Gasteiger partial charge on any atom is -0.481 e. The maximum Gasteiger partial charge on any atom is 0.311 e. The Morgan fingerprint density at radius 2 is 2.39 bits per heavy atom. The molecule has 0 radical (unpaired) electrons. The lowest BCUT2D eigenvalue weighted by atomic mass is 9.76. The van der Waals surface area contributed by atoms with Gasteiger partial charge in [-0.25, -0.2) is 4.98 Å². The molecule has 1 atom stereocenters. The number of piperidine rings is 1. The summed E-state index contributed by atoms with van der Waals surface area (Å²) in [6.45, 7) is 5.34. The second-order valence-electron chi connectivity index (χ2n) is 4.98. The summed E-state index contributed by atoms with van der Waals surface area (Å²) in [7, 11) is 0. The van der Waals surface area contributed by atoms with E-state index in [1.54, 1.807) is 0 Å². The normalized spacial score (nSPS) is 24.2. The van der Waals surface area contributed by atoms with Gasteiger partial charge in [-0.2, -0.15) is 4.37 Å². The molecule has 1 aromatic rings. The lowest BCUT2D eigenvalue weighted by Gasteiger charge is -2.39. The maximum atomic E-state index is 11.6. The Hall–Kier alpha value is -1.17. The number of rotatable bonds is 4. The quantitative estimate of drug-likeness (QED) is 0.908.